The highest BCUT2D eigenvalue weighted by Crippen LogP contribution is 2.31. The molecular weight excluding hydrogens is 308 g/mol. The summed E-state index contributed by atoms with van der Waals surface area (Å²) < 4.78 is 7.62. The molecule has 132 valence electrons. The maximum Gasteiger partial charge on any atom is 0.317 e. The van der Waals surface area contributed by atoms with Crippen LogP contribution in [0.15, 0.2) is 6.33 Å². The van der Waals surface area contributed by atoms with Gasteiger partial charge in [-0.2, -0.15) is 0 Å². The normalized spacial score (nSPS) is 31.4. The largest absolute Gasteiger partial charge is 0.366 e. The lowest BCUT2D eigenvalue weighted by Crippen LogP contribution is -2.51. The van der Waals surface area contributed by atoms with Crippen LogP contribution in [0.5, 0.6) is 0 Å². The molecule has 8 heteroatoms. The highest BCUT2D eigenvalue weighted by molar-refractivity contribution is 5.74. The van der Waals surface area contributed by atoms with Crippen molar-refractivity contribution < 1.29 is 9.53 Å². The van der Waals surface area contributed by atoms with Gasteiger partial charge in [0.15, 0.2) is 5.82 Å². The average molecular weight is 334 g/mol. The minimum atomic E-state index is -0.207. The van der Waals surface area contributed by atoms with Gasteiger partial charge < -0.3 is 19.5 Å². The fourth-order valence-electron chi connectivity index (χ4n) is 3.75. The molecule has 24 heavy (non-hydrogen) atoms. The molecule has 0 spiro atoms. The van der Waals surface area contributed by atoms with Crippen LogP contribution in [0.1, 0.15) is 31.7 Å². The summed E-state index contributed by atoms with van der Waals surface area (Å²) in [5.41, 5.74) is 0. The molecule has 2 aliphatic heterocycles. The standard InChI is InChI=1S/C16H26N6O2/c1-11-7-22(12-3-4-12)8-13(11)18-16(23)21-5-6-24-14(9-21)15-19-17-10-20(15)2/h10-14H,3-9H2,1-2H3,(H,18,23)/t11-,13-,14-/m1/s1. The number of nitrogens with zero attached hydrogens (tertiary/aromatic N) is 5. The maximum atomic E-state index is 12.7. The van der Waals surface area contributed by atoms with Gasteiger partial charge >= 0.3 is 6.03 Å². The second-order valence-corrected chi connectivity index (χ2v) is 7.32. The van der Waals surface area contributed by atoms with Crippen LogP contribution in [0.25, 0.3) is 0 Å². The Kier molecular flexibility index (Phi) is 4.17. The van der Waals surface area contributed by atoms with Crippen molar-refractivity contribution in [2.24, 2.45) is 13.0 Å². The molecule has 3 fully saturated rings. The van der Waals surface area contributed by atoms with Gasteiger partial charge in [-0.1, -0.05) is 6.92 Å². The topological polar surface area (TPSA) is 75.5 Å². The second kappa shape index (κ2) is 6.33. The van der Waals surface area contributed by atoms with E-state index in [1.165, 1.54) is 12.8 Å². The Hall–Kier alpha value is -1.67. The molecule has 0 unspecified atom stereocenters. The first-order valence-corrected chi connectivity index (χ1v) is 8.87. The minimum absolute atomic E-state index is 0.0139. The van der Waals surface area contributed by atoms with E-state index in [9.17, 15) is 4.79 Å². The summed E-state index contributed by atoms with van der Waals surface area (Å²) in [6.07, 6.45) is 4.08. The van der Waals surface area contributed by atoms with Gasteiger partial charge in [-0.3, -0.25) is 4.90 Å². The number of carbonyl (C=O) groups excluding carboxylic acids is 1. The number of nitrogens with one attached hydrogen (secondary N) is 1. The zero-order valence-electron chi connectivity index (χ0n) is 14.4. The van der Waals surface area contributed by atoms with Crippen LogP contribution in [0.3, 0.4) is 0 Å². The van der Waals surface area contributed by atoms with Crippen LogP contribution in [0.4, 0.5) is 4.79 Å². The molecule has 8 nitrogen and oxygen atoms in total. The Labute approximate surface area is 142 Å². The first-order valence-electron chi connectivity index (χ1n) is 8.87. The van der Waals surface area contributed by atoms with Gasteiger partial charge in [-0.25, -0.2) is 4.79 Å². The van der Waals surface area contributed by atoms with E-state index >= 15 is 0 Å². The third-order valence-corrected chi connectivity index (χ3v) is 5.40. The second-order valence-electron chi connectivity index (χ2n) is 7.32. The van der Waals surface area contributed by atoms with Crippen LogP contribution in [0.2, 0.25) is 0 Å². The number of urea groups is 1. The molecule has 0 radical (unpaired) electrons. The van der Waals surface area contributed by atoms with Gasteiger partial charge in [0.25, 0.3) is 0 Å². The van der Waals surface area contributed by atoms with Crippen molar-refractivity contribution in [1.82, 2.24) is 29.9 Å². The molecule has 3 aliphatic rings. The fourth-order valence-corrected chi connectivity index (χ4v) is 3.75. The van der Waals surface area contributed by atoms with Gasteiger partial charge in [0, 0.05) is 38.8 Å². The van der Waals surface area contributed by atoms with E-state index in [0.29, 0.717) is 25.6 Å². The lowest BCUT2D eigenvalue weighted by atomic mass is 10.1. The van der Waals surface area contributed by atoms with Crippen molar-refractivity contribution in [3.8, 4) is 0 Å². The van der Waals surface area contributed by atoms with Gasteiger partial charge in [-0.15, -0.1) is 10.2 Å². The van der Waals surface area contributed by atoms with Gasteiger partial charge in [-0.05, 0) is 18.8 Å². The Bertz CT molecular complexity index is 601. The molecule has 0 aromatic carbocycles. The number of aromatic nitrogens is 3. The zero-order chi connectivity index (χ0) is 16.7. The molecular formula is C16H26N6O2. The Morgan fingerprint density at radius 2 is 2.17 bits per heavy atom. The summed E-state index contributed by atoms with van der Waals surface area (Å²) >= 11 is 0. The van der Waals surface area contributed by atoms with Crippen LogP contribution >= 0.6 is 0 Å². The highest BCUT2D eigenvalue weighted by Gasteiger charge is 2.39. The Balaban J connectivity index is 1.35. The monoisotopic (exact) mass is 334 g/mol. The lowest BCUT2D eigenvalue weighted by Gasteiger charge is -2.33. The smallest absolute Gasteiger partial charge is 0.317 e. The summed E-state index contributed by atoms with van der Waals surface area (Å²) in [6.45, 7) is 5.97. The first kappa shape index (κ1) is 15.8. The summed E-state index contributed by atoms with van der Waals surface area (Å²) in [5.74, 6) is 1.27. The molecule has 3 atom stereocenters. The number of aryl methyl sites for hydroxylation is 1. The Morgan fingerprint density at radius 3 is 2.88 bits per heavy atom. The summed E-state index contributed by atoms with van der Waals surface area (Å²) in [6, 6.07) is 1.02. The van der Waals surface area contributed by atoms with Gasteiger partial charge in [0.2, 0.25) is 0 Å². The molecule has 1 aromatic rings. The maximum absolute atomic E-state index is 12.7. The molecule has 2 amide bonds. The van der Waals surface area contributed by atoms with E-state index < -0.39 is 0 Å². The van der Waals surface area contributed by atoms with Gasteiger partial charge in [0.1, 0.15) is 12.4 Å². The van der Waals surface area contributed by atoms with Crippen molar-refractivity contribution in [3.63, 3.8) is 0 Å². The lowest BCUT2D eigenvalue weighted by molar-refractivity contribution is -0.0218. The number of amides is 2. The summed E-state index contributed by atoms with van der Waals surface area (Å²) in [4.78, 5) is 17.1. The predicted octanol–water partition coefficient (Wildman–Crippen LogP) is 0.381. The highest BCUT2D eigenvalue weighted by atomic mass is 16.5. The number of carbonyl (C=O) groups is 1. The molecule has 2 saturated heterocycles. The van der Waals surface area contributed by atoms with Crippen molar-refractivity contribution >= 4 is 6.03 Å². The number of hydrogen-bond donors (Lipinski definition) is 1. The summed E-state index contributed by atoms with van der Waals surface area (Å²) in [7, 11) is 1.89. The summed E-state index contributed by atoms with van der Waals surface area (Å²) in [5, 5.41) is 11.2. The SMILES string of the molecule is C[C@@H]1CN(C2CC2)C[C@H]1NC(=O)N1CCO[C@@H](c2nncn2C)C1. The van der Waals surface area contributed by atoms with E-state index in [4.69, 9.17) is 4.74 Å². The van der Waals surface area contributed by atoms with Crippen LogP contribution < -0.4 is 5.32 Å². The van der Waals surface area contributed by atoms with Crippen LogP contribution in [-0.4, -0.2) is 75.5 Å². The van der Waals surface area contributed by atoms with Crippen molar-refractivity contribution in [2.45, 2.75) is 38.0 Å². The molecule has 1 N–H and O–H groups in total. The molecule has 1 saturated carbocycles. The molecule has 1 aliphatic carbocycles. The van der Waals surface area contributed by atoms with Crippen LogP contribution in [0, 0.1) is 5.92 Å². The number of rotatable bonds is 3. The number of ether oxygens (including phenoxy) is 1. The van der Waals surface area contributed by atoms with E-state index in [1.807, 2.05) is 16.5 Å². The van der Waals surface area contributed by atoms with Crippen LogP contribution in [-0.2, 0) is 11.8 Å². The molecule has 0 bridgehead atoms. The number of likely N-dealkylation sites (tertiary alicyclic amines) is 1. The molecule has 1 aromatic heterocycles. The third kappa shape index (κ3) is 3.12. The van der Waals surface area contributed by atoms with E-state index in [-0.39, 0.29) is 18.2 Å². The van der Waals surface area contributed by atoms with Crippen molar-refractivity contribution in [3.05, 3.63) is 12.2 Å². The molecule has 3 heterocycles. The molecule has 4 rings (SSSR count). The first-order chi connectivity index (χ1) is 11.6. The number of hydrogen-bond acceptors (Lipinski definition) is 5. The van der Waals surface area contributed by atoms with E-state index in [2.05, 4.69) is 27.3 Å². The Morgan fingerprint density at radius 1 is 1.33 bits per heavy atom. The van der Waals surface area contributed by atoms with E-state index in [0.717, 1.165) is 25.0 Å². The average Bonchev–Trinajstić information content (AvgIpc) is 3.25. The third-order valence-electron chi connectivity index (χ3n) is 5.40. The number of morpholine rings is 1. The predicted molar refractivity (Wildman–Crippen MR) is 87.3 cm³/mol. The zero-order valence-corrected chi connectivity index (χ0v) is 14.4. The van der Waals surface area contributed by atoms with Crippen molar-refractivity contribution in [1.29, 1.82) is 0 Å². The van der Waals surface area contributed by atoms with Crippen molar-refractivity contribution in [2.75, 3.05) is 32.8 Å². The minimum Gasteiger partial charge on any atom is -0.366 e. The quantitative estimate of drug-likeness (QED) is 0.865. The van der Waals surface area contributed by atoms with E-state index in [1.54, 1.807) is 6.33 Å². The fraction of sp³-hybridized carbons (Fsp3) is 0.812. The van der Waals surface area contributed by atoms with Gasteiger partial charge in [0.05, 0.1) is 13.2 Å².